The van der Waals surface area contributed by atoms with Crippen LogP contribution in [0.4, 0.5) is 0 Å². The molecule has 0 aromatic heterocycles. The molecule has 1 aromatic carbocycles. The SMILES string of the molecule is CC1CCCCN1S(=O)(=O)c1ccc(C(=O)N(C)CC2CCCC2)cc1. The summed E-state index contributed by atoms with van der Waals surface area (Å²) in [6.45, 7) is 3.32. The molecule has 26 heavy (non-hydrogen) atoms. The summed E-state index contributed by atoms with van der Waals surface area (Å²) >= 11 is 0. The van der Waals surface area contributed by atoms with Crippen LogP contribution in [0.15, 0.2) is 29.2 Å². The van der Waals surface area contributed by atoms with Crippen molar-refractivity contribution in [2.75, 3.05) is 20.1 Å². The van der Waals surface area contributed by atoms with Crippen LogP contribution >= 0.6 is 0 Å². The maximum absolute atomic E-state index is 12.9. The predicted octanol–water partition coefficient (Wildman–Crippen LogP) is 3.51. The highest BCUT2D eigenvalue weighted by atomic mass is 32.2. The first-order chi connectivity index (χ1) is 12.4. The molecule has 5 nitrogen and oxygen atoms in total. The average molecular weight is 379 g/mol. The molecule has 1 amide bonds. The Morgan fingerprint density at radius 3 is 2.31 bits per heavy atom. The van der Waals surface area contributed by atoms with Gasteiger partial charge in [0.25, 0.3) is 5.91 Å². The Morgan fingerprint density at radius 2 is 1.69 bits per heavy atom. The van der Waals surface area contributed by atoms with Gasteiger partial charge in [0.05, 0.1) is 4.90 Å². The zero-order chi connectivity index (χ0) is 18.7. The van der Waals surface area contributed by atoms with Crippen LogP contribution in [-0.2, 0) is 10.0 Å². The lowest BCUT2D eigenvalue weighted by Crippen LogP contribution is -2.41. The van der Waals surface area contributed by atoms with Crippen molar-refractivity contribution in [1.29, 1.82) is 0 Å². The van der Waals surface area contributed by atoms with Gasteiger partial charge in [0.15, 0.2) is 0 Å². The highest BCUT2D eigenvalue weighted by molar-refractivity contribution is 7.89. The standard InChI is InChI=1S/C20H30N2O3S/c1-16-7-5-6-14-22(16)26(24,25)19-12-10-18(11-13-19)20(23)21(2)15-17-8-3-4-9-17/h10-13,16-17H,3-9,14-15H2,1-2H3. The molecule has 1 aromatic rings. The molecule has 1 atom stereocenters. The minimum atomic E-state index is -3.48. The summed E-state index contributed by atoms with van der Waals surface area (Å²) in [4.78, 5) is 14.7. The molecule has 0 bridgehead atoms. The quantitative estimate of drug-likeness (QED) is 0.788. The van der Waals surface area contributed by atoms with Crippen LogP contribution in [0, 0.1) is 5.92 Å². The summed E-state index contributed by atoms with van der Waals surface area (Å²) in [7, 11) is -1.65. The molecule has 6 heteroatoms. The smallest absolute Gasteiger partial charge is 0.253 e. The van der Waals surface area contributed by atoms with Gasteiger partial charge in [-0.3, -0.25) is 4.79 Å². The summed E-state index contributed by atoms with van der Waals surface area (Å²) < 4.78 is 27.3. The zero-order valence-corrected chi connectivity index (χ0v) is 16.7. The summed E-state index contributed by atoms with van der Waals surface area (Å²) in [5.74, 6) is 0.566. The molecule has 3 rings (SSSR count). The number of carbonyl (C=O) groups is 1. The maximum Gasteiger partial charge on any atom is 0.253 e. The average Bonchev–Trinajstić information content (AvgIpc) is 3.14. The van der Waals surface area contributed by atoms with E-state index < -0.39 is 10.0 Å². The number of hydrogen-bond acceptors (Lipinski definition) is 3. The van der Waals surface area contributed by atoms with Gasteiger partial charge >= 0.3 is 0 Å². The summed E-state index contributed by atoms with van der Waals surface area (Å²) in [5.41, 5.74) is 0.552. The molecule has 1 saturated carbocycles. The van der Waals surface area contributed by atoms with Crippen LogP contribution in [-0.4, -0.2) is 49.7 Å². The summed E-state index contributed by atoms with van der Waals surface area (Å²) in [6, 6.07) is 6.48. The number of benzene rings is 1. The second-order valence-corrected chi connectivity index (χ2v) is 9.71. The van der Waals surface area contributed by atoms with Gasteiger partial charge < -0.3 is 4.90 Å². The molecule has 1 aliphatic heterocycles. The van der Waals surface area contributed by atoms with Crippen molar-refractivity contribution in [3.05, 3.63) is 29.8 Å². The van der Waals surface area contributed by atoms with E-state index >= 15 is 0 Å². The maximum atomic E-state index is 12.9. The highest BCUT2D eigenvalue weighted by Gasteiger charge is 2.31. The molecule has 2 fully saturated rings. The van der Waals surface area contributed by atoms with Crippen molar-refractivity contribution in [3.8, 4) is 0 Å². The van der Waals surface area contributed by atoms with Gasteiger partial charge in [-0.2, -0.15) is 4.31 Å². The fourth-order valence-corrected chi connectivity index (χ4v) is 5.92. The van der Waals surface area contributed by atoms with Crippen LogP contribution in [0.1, 0.15) is 62.2 Å². The first-order valence-corrected chi connectivity index (χ1v) is 11.2. The molecule has 144 valence electrons. The van der Waals surface area contributed by atoms with E-state index in [2.05, 4.69) is 0 Å². The van der Waals surface area contributed by atoms with Gasteiger partial charge in [0.2, 0.25) is 10.0 Å². The third-order valence-electron chi connectivity index (χ3n) is 5.80. The van der Waals surface area contributed by atoms with Gasteiger partial charge in [-0.25, -0.2) is 8.42 Å². The minimum Gasteiger partial charge on any atom is -0.341 e. The fourth-order valence-electron chi connectivity index (χ4n) is 4.22. The normalized spacial score (nSPS) is 22.5. The van der Waals surface area contributed by atoms with Crippen molar-refractivity contribution in [1.82, 2.24) is 9.21 Å². The molecular weight excluding hydrogens is 348 g/mol. The Balaban J connectivity index is 1.70. The lowest BCUT2D eigenvalue weighted by molar-refractivity contribution is 0.0773. The second-order valence-electron chi connectivity index (χ2n) is 7.82. The molecule has 0 spiro atoms. The van der Waals surface area contributed by atoms with E-state index in [-0.39, 0.29) is 16.8 Å². The molecular formula is C20H30N2O3S. The van der Waals surface area contributed by atoms with Crippen molar-refractivity contribution in [2.24, 2.45) is 5.92 Å². The number of sulfonamides is 1. The topological polar surface area (TPSA) is 57.7 Å². The van der Waals surface area contributed by atoms with Crippen LogP contribution in [0.5, 0.6) is 0 Å². The van der Waals surface area contributed by atoms with E-state index in [1.165, 1.54) is 25.7 Å². The van der Waals surface area contributed by atoms with Gasteiger partial charge in [-0.15, -0.1) is 0 Å². The Morgan fingerprint density at radius 1 is 1.08 bits per heavy atom. The number of hydrogen-bond donors (Lipinski definition) is 0. The molecule has 1 heterocycles. The number of rotatable bonds is 5. The Hall–Kier alpha value is -1.40. The lowest BCUT2D eigenvalue weighted by atomic mass is 10.1. The Kier molecular flexibility index (Phi) is 6.03. The molecule has 1 saturated heterocycles. The predicted molar refractivity (Wildman–Crippen MR) is 103 cm³/mol. The highest BCUT2D eigenvalue weighted by Crippen LogP contribution is 2.27. The number of piperidine rings is 1. The number of nitrogens with zero attached hydrogens (tertiary/aromatic N) is 2. The van der Waals surface area contributed by atoms with Gasteiger partial charge in [-0.1, -0.05) is 19.3 Å². The first-order valence-electron chi connectivity index (χ1n) is 9.77. The van der Waals surface area contributed by atoms with Gasteiger partial charge in [0, 0.05) is 31.7 Å². The monoisotopic (exact) mass is 378 g/mol. The molecule has 2 aliphatic rings. The van der Waals surface area contributed by atoms with Crippen LogP contribution in [0.2, 0.25) is 0 Å². The van der Waals surface area contributed by atoms with E-state index in [1.54, 1.807) is 33.5 Å². The number of carbonyl (C=O) groups excluding carboxylic acids is 1. The van der Waals surface area contributed by atoms with E-state index in [1.807, 2.05) is 14.0 Å². The lowest BCUT2D eigenvalue weighted by Gasteiger charge is -2.32. The van der Waals surface area contributed by atoms with E-state index in [0.717, 1.165) is 25.8 Å². The van der Waals surface area contributed by atoms with E-state index in [4.69, 9.17) is 0 Å². The van der Waals surface area contributed by atoms with Gasteiger partial charge in [-0.05, 0) is 62.8 Å². The third kappa shape index (κ3) is 4.12. The van der Waals surface area contributed by atoms with Crippen molar-refractivity contribution >= 4 is 15.9 Å². The second kappa shape index (κ2) is 8.09. The molecule has 0 N–H and O–H groups in total. The molecule has 1 aliphatic carbocycles. The molecule has 1 unspecified atom stereocenters. The van der Waals surface area contributed by atoms with E-state index in [9.17, 15) is 13.2 Å². The Bertz CT molecular complexity index is 724. The zero-order valence-electron chi connectivity index (χ0n) is 15.9. The van der Waals surface area contributed by atoms with E-state index in [0.29, 0.717) is 18.0 Å². The largest absolute Gasteiger partial charge is 0.341 e. The van der Waals surface area contributed by atoms with Crippen LogP contribution in [0.25, 0.3) is 0 Å². The number of amides is 1. The van der Waals surface area contributed by atoms with Crippen LogP contribution < -0.4 is 0 Å². The van der Waals surface area contributed by atoms with Crippen molar-refractivity contribution in [2.45, 2.75) is 62.8 Å². The van der Waals surface area contributed by atoms with Crippen LogP contribution in [0.3, 0.4) is 0 Å². The van der Waals surface area contributed by atoms with Crippen molar-refractivity contribution in [3.63, 3.8) is 0 Å². The third-order valence-corrected chi connectivity index (χ3v) is 7.83. The van der Waals surface area contributed by atoms with Crippen molar-refractivity contribution < 1.29 is 13.2 Å². The minimum absolute atomic E-state index is 0.0348. The fraction of sp³-hybridized carbons (Fsp3) is 0.650. The summed E-state index contributed by atoms with van der Waals surface area (Å²) in [6.07, 6.45) is 7.80. The first kappa shape index (κ1) is 19.4. The van der Waals surface area contributed by atoms with Gasteiger partial charge in [0.1, 0.15) is 0 Å². The Labute approximate surface area is 157 Å². The molecule has 0 radical (unpaired) electrons. The summed E-state index contributed by atoms with van der Waals surface area (Å²) in [5, 5.41) is 0.